The molecular weight excluding hydrogens is 258 g/mol. The highest BCUT2D eigenvalue weighted by Gasteiger charge is 2.19. The lowest BCUT2D eigenvalue weighted by Crippen LogP contribution is -2.12. The summed E-state index contributed by atoms with van der Waals surface area (Å²) in [4.78, 5) is 11.6. The van der Waals surface area contributed by atoms with Gasteiger partial charge in [0.15, 0.2) is 5.69 Å². The number of nitrogens with zero attached hydrogens (tertiary/aromatic N) is 3. The molecule has 114 valence electrons. The Labute approximate surface area is 120 Å². The Hall–Kier alpha value is -1.43. The Bertz CT molecular complexity index is 404. The zero-order valence-electron chi connectivity index (χ0n) is 12.7. The minimum Gasteiger partial charge on any atom is -0.464 e. The van der Waals surface area contributed by atoms with Crippen molar-refractivity contribution in [2.45, 2.75) is 52.0 Å². The molecule has 0 aliphatic carbocycles. The van der Waals surface area contributed by atoms with Gasteiger partial charge in [-0.2, -0.15) is 0 Å². The zero-order chi connectivity index (χ0) is 14.8. The quantitative estimate of drug-likeness (QED) is 0.486. The summed E-state index contributed by atoms with van der Waals surface area (Å²) in [5, 5.41) is 8.00. The second kappa shape index (κ2) is 9.47. The van der Waals surface area contributed by atoms with Crippen LogP contribution in [0.4, 0.5) is 0 Å². The van der Waals surface area contributed by atoms with E-state index in [2.05, 4.69) is 17.2 Å². The molecule has 0 saturated heterocycles. The number of unbranched alkanes of at least 4 members (excludes halogenated alkanes) is 4. The second-order valence-electron chi connectivity index (χ2n) is 4.76. The average Bonchev–Trinajstić information content (AvgIpc) is 2.87. The fraction of sp³-hybridized carbons (Fsp3) is 0.786. The molecular formula is C14H25N3O3. The van der Waals surface area contributed by atoms with Gasteiger partial charge in [-0.05, 0) is 6.42 Å². The highest BCUT2D eigenvalue weighted by Crippen LogP contribution is 2.11. The standard InChI is InChI=1S/C14H25N3O3/c1-4-5-6-7-8-10-17-12(9-11-19-2)13(15-16-17)14(18)20-3/h4-11H2,1-3H3. The van der Waals surface area contributed by atoms with Crippen LogP contribution in [0.1, 0.15) is 55.2 Å². The number of methoxy groups -OCH3 is 2. The average molecular weight is 283 g/mol. The van der Waals surface area contributed by atoms with Gasteiger partial charge in [0, 0.05) is 20.1 Å². The van der Waals surface area contributed by atoms with Crippen molar-refractivity contribution < 1.29 is 14.3 Å². The number of ether oxygens (including phenoxy) is 2. The van der Waals surface area contributed by atoms with E-state index in [9.17, 15) is 4.79 Å². The smallest absolute Gasteiger partial charge is 0.360 e. The van der Waals surface area contributed by atoms with Crippen LogP contribution in [0, 0.1) is 0 Å². The van der Waals surface area contributed by atoms with Crippen LogP contribution in [0.3, 0.4) is 0 Å². The third kappa shape index (κ3) is 4.92. The number of rotatable bonds is 10. The van der Waals surface area contributed by atoms with E-state index in [0.717, 1.165) is 18.7 Å². The molecule has 1 rings (SSSR count). The molecule has 0 bridgehead atoms. The van der Waals surface area contributed by atoms with Gasteiger partial charge < -0.3 is 9.47 Å². The fourth-order valence-corrected chi connectivity index (χ4v) is 2.08. The number of carbonyl (C=O) groups excluding carboxylic acids is 1. The Morgan fingerprint density at radius 2 is 1.95 bits per heavy atom. The highest BCUT2D eigenvalue weighted by atomic mass is 16.5. The first-order chi connectivity index (χ1) is 9.74. The van der Waals surface area contributed by atoms with Crippen molar-refractivity contribution in [2.75, 3.05) is 20.8 Å². The summed E-state index contributed by atoms with van der Waals surface area (Å²) in [5.74, 6) is -0.437. The van der Waals surface area contributed by atoms with Crippen molar-refractivity contribution in [3.8, 4) is 0 Å². The summed E-state index contributed by atoms with van der Waals surface area (Å²) in [6.45, 7) is 3.52. The summed E-state index contributed by atoms with van der Waals surface area (Å²) >= 11 is 0. The SMILES string of the molecule is CCCCCCCn1nnc(C(=O)OC)c1CCOC. The number of hydrogen-bond donors (Lipinski definition) is 0. The Kier molecular flexibility index (Phi) is 7.87. The lowest BCUT2D eigenvalue weighted by molar-refractivity contribution is 0.0592. The lowest BCUT2D eigenvalue weighted by Gasteiger charge is -2.07. The number of esters is 1. The largest absolute Gasteiger partial charge is 0.464 e. The van der Waals surface area contributed by atoms with Crippen LogP contribution in [0.15, 0.2) is 0 Å². The monoisotopic (exact) mass is 283 g/mol. The van der Waals surface area contributed by atoms with Gasteiger partial charge in [-0.3, -0.25) is 0 Å². The highest BCUT2D eigenvalue weighted by molar-refractivity contribution is 5.88. The molecule has 0 aliphatic rings. The van der Waals surface area contributed by atoms with E-state index in [1.807, 2.05) is 0 Å². The summed E-state index contributed by atoms with van der Waals surface area (Å²) in [5.41, 5.74) is 1.10. The van der Waals surface area contributed by atoms with Gasteiger partial charge in [0.1, 0.15) is 0 Å². The summed E-state index contributed by atoms with van der Waals surface area (Å²) < 4.78 is 11.6. The Morgan fingerprint density at radius 3 is 2.60 bits per heavy atom. The molecule has 0 unspecified atom stereocenters. The van der Waals surface area contributed by atoms with E-state index in [4.69, 9.17) is 9.47 Å². The molecule has 0 saturated carbocycles. The molecule has 1 aromatic rings. The Morgan fingerprint density at radius 1 is 1.20 bits per heavy atom. The van der Waals surface area contributed by atoms with E-state index in [1.165, 1.54) is 32.8 Å². The first-order valence-electron chi connectivity index (χ1n) is 7.24. The van der Waals surface area contributed by atoms with Crippen LogP contribution in [0.2, 0.25) is 0 Å². The first-order valence-corrected chi connectivity index (χ1v) is 7.24. The van der Waals surface area contributed by atoms with Gasteiger partial charge >= 0.3 is 5.97 Å². The molecule has 1 heterocycles. The topological polar surface area (TPSA) is 66.2 Å². The molecule has 0 atom stereocenters. The normalized spacial score (nSPS) is 10.8. The maximum atomic E-state index is 11.6. The molecule has 6 nitrogen and oxygen atoms in total. The van der Waals surface area contributed by atoms with Crippen LogP contribution < -0.4 is 0 Å². The molecule has 0 amide bonds. The van der Waals surface area contributed by atoms with Crippen LogP contribution in [0.25, 0.3) is 0 Å². The van der Waals surface area contributed by atoms with Gasteiger partial charge in [0.2, 0.25) is 0 Å². The minimum absolute atomic E-state index is 0.304. The number of carbonyl (C=O) groups is 1. The van der Waals surface area contributed by atoms with Gasteiger partial charge in [0.25, 0.3) is 0 Å². The fourth-order valence-electron chi connectivity index (χ4n) is 2.08. The van der Waals surface area contributed by atoms with Crippen LogP contribution in [0.5, 0.6) is 0 Å². The third-order valence-electron chi connectivity index (χ3n) is 3.23. The van der Waals surface area contributed by atoms with Gasteiger partial charge in [-0.1, -0.05) is 37.8 Å². The van der Waals surface area contributed by atoms with E-state index >= 15 is 0 Å². The van der Waals surface area contributed by atoms with Gasteiger partial charge in [-0.25, -0.2) is 9.48 Å². The molecule has 0 radical (unpaired) electrons. The summed E-state index contributed by atoms with van der Waals surface area (Å²) in [6.07, 6.45) is 6.57. The summed E-state index contributed by atoms with van der Waals surface area (Å²) in [7, 11) is 2.99. The lowest BCUT2D eigenvalue weighted by atomic mass is 10.1. The van der Waals surface area contributed by atoms with Gasteiger partial charge in [0.05, 0.1) is 19.4 Å². The van der Waals surface area contributed by atoms with E-state index < -0.39 is 5.97 Å². The maximum Gasteiger partial charge on any atom is 0.360 e. The van der Waals surface area contributed by atoms with Crippen LogP contribution in [-0.2, 0) is 22.4 Å². The molecule has 1 aromatic heterocycles. The van der Waals surface area contributed by atoms with Gasteiger partial charge in [-0.15, -0.1) is 5.10 Å². The Balaban J connectivity index is 2.64. The molecule has 0 aliphatic heterocycles. The predicted molar refractivity (Wildman–Crippen MR) is 75.7 cm³/mol. The maximum absolute atomic E-state index is 11.6. The molecule has 0 spiro atoms. The van der Waals surface area contributed by atoms with Crippen molar-refractivity contribution in [1.82, 2.24) is 15.0 Å². The predicted octanol–water partition coefficient (Wildman–Crippen LogP) is 2.22. The first kappa shape index (κ1) is 16.6. The van der Waals surface area contributed by atoms with Crippen molar-refractivity contribution in [3.63, 3.8) is 0 Å². The van der Waals surface area contributed by atoms with E-state index in [-0.39, 0.29) is 0 Å². The molecule has 0 aromatic carbocycles. The van der Waals surface area contributed by atoms with E-state index in [0.29, 0.717) is 18.7 Å². The summed E-state index contributed by atoms with van der Waals surface area (Å²) in [6, 6.07) is 0. The number of aromatic nitrogens is 3. The van der Waals surface area contributed by atoms with Crippen molar-refractivity contribution in [2.24, 2.45) is 0 Å². The van der Waals surface area contributed by atoms with Crippen molar-refractivity contribution in [1.29, 1.82) is 0 Å². The number of hydrogen-bond acceptors (Lipinski definition) is 5. The van der Waals surface area contributed by atoms with Crippen LogP contribution >= 0.6 is 0 Å². The number of aryl methyl sites for hydroxylation is 1. The molecule has 0 fully saturated rings. The van der Waals surface area contributed by atoms with Crippen molar-refractivity contribution in [3.05, 3.63) is 11.4 Å². The van der Waals surface area contributed by atoms with Crippen molar-refractivity contribution >= 4 is 5.97 Å². The minimum atomic E-state index is -0.437. The molecule has 20 heavy (non-hydrogen) atoms. The van der Waals surface area contributed by atoms with E-state index in [1.54, 1.807) is 11.8 Å². The van der Waals surface area contributed by atoms with Crippen LogP contribution in [-0.4, -0.2) is 41.8 Å². The molecule has 6 heteroatoms. The zero-order valence-corrected chi connectivity index (χ0v) is 12.7. The third-order valence-corrected chi connectivity index (χ3v) is 3.23. The molecule has 0 N–H and O–H groups in total. The second-order valence-corrected chi connectivity index (χ2v) is 4.76.